The van der Waals surface area contributed by atoms with Crippen LogP contribution in [0.4, 0.5) is 23.8 Å². The number of aryl methyl sites for hydroxylation is 1. The van der Waals surface area contributed by atoms with Crippen LogP contribution in [0, 0.1) is 11.3 Å². The highest BCUT2D eigenvalue weighted by molar-refractivity contribution is 6.42. The zero-order valence-corrected chi connectivity index (χ0v) is 23.0. The molecule has 0 aliphatic rings. The van der Waals surface area contributed by atoms with Crippen LogP contribution in [0.1, 0.15) is 64.3 Å². The van der Waals surface area contributed by atoms with E-state index in [2.05, 4.69) is 25.7 Å². The highest BCUT2D eigenvalue weighted by Crippen LogP contribution is 2.33. The van der Waals surface area contributed by atoms with E-state index in [1.165, 1.54) is 24.4 Å². The summed E-state index contributed by atoms with van der Waals surface area (Å²) < 4.78 is 49.1. The lowest BCUT2D eigenvalue weighted by atomic mass is 9.78. The van der Waals surface area contributed by atoms with E-state index in [9.17, 15) is 27.6 Å². The molecular formula is C27H33F3N6O5. The van der Waals surface area contributed by atoms with Gasteiger partial charge in [-0.15, -0.1) is 10.2 Å². The van der Waals surface area contributed by atoms with Crippen LogP contribution in [0.5, 0.6) is 0 Å². The Balaban J connectivity index is 1.53. The molecule has 2 amide bonds. The molecule has 3 aromatic rings. The van der Waals surface area contributed by atoms with Gasteiger partial charge < -0.3 is 20.2 Å². The van der Waals surface area contributed by atoms with Crippen molar-refractivity contribution in [2.24, 2.45) is 17.1 Å². The average molecular weight is 579 g/mol. The largest absolute Gasteiger partial charge is 0.437 e. The second-order valence-corrected chi connectivity index (χ2v) is 10.4. The van der Waals surface area contributed by atoms with Crippen molar-refractivity contribution in [3.8, 4) is 11.5 Å². The van der Waals surface area contributed by atoms with Gasteiger partial charge in [0.2, 0.25) is 11.8 Å². The summed E-state index contributed by atoms with van der Waals surface area (Å²) in [6, 6.07) is 5.97. The number of ketones is 1. The summed E-state index contributed by atoms with van der Waals surface area (Å²) in [5, 5.41) is 16.6. The van der Waals surface area contributed by atoms with E-state index in [1.54, 1.807) is 13.8 Å². The monoisotopic (exact) mass is 578 g/mol. The van der Waals surface area contributed by atoms with Crippen molar-refractivity contribution in [1.29, 1.82) is 0 Å². The fourth-order valence-corrected chi connectivity index (χ4v) is 4.44. The SMILES string of the molecule is CC[C@H](CCCC(C)(C)[C@H](OC(N)=O)C(=O)C(=O)Nc1ccn[nH]1)CCc1nnc(-c2ccc(C(F)(F)F)cc2)o1. The van der Waals surface area contributed by atoms with Crippen LogP contribution in [0.15, 0.2) is 40.9 Å². The molecule has 2 heterocycles. The van der Waals surface area contributed by atoms with Crippen molar-refractivity contribution in [3.63, 3.8) is 0 Å². The Morgan fingerprint density at radius 1 is 1.10 bits per heavy atom. The van der Waals surface area contributed by atoms with Crippen molar-refractivity contribution in [1.82, 2.24) is 20.4 Å². The number of anilines is 1. The molecule has 0 saturated carbocycles. The maximum absolute atomic E-state index is 12.9. The molecule has 0 bridgehead atoms. The van der Waals surface area contributed by atoms with Gasteiger partial charge in [-0.2, -0.15) is 18.3 Å². The number of carbonyl (C=O) groups excluding carboxylic acids is 3. The number of hydrogen-bond donors (Lipinski definition) is 3. The Hall–Kier alpha value is -4.23. The number of ether oxygens (including phenoxy) is 1. The van der Waals surface area contributed by atoms with Crippen LogP contribution >= 0.6 is 0 Å². The number of aromatic nitrogens is 4. The first kappa shape index (κ1) is 31.3. The first-order chi connectivity index (χ1) is 19.3. The number of amides is 2. The summed E-state index contributed by atoms with van der Waals surface area (Å²) in [5.74, 6) is -0.891. The van der Waals surface area contributed by atoms with Crippen LogP contribution in [-0.4, -0.2) is 44.3 Å². The van der Waals surface area contributed by atoms with Gasteiger partial charge in [-0.3, -0.25) is 14.7 Å². The van der Waals surface area contributed by atoms with Crippen LogP contribution in [0.2, 0.25) is 0 Å². The first-order valence-electron chi connectivity index (χ1n) is 13.1. The summed E-state index contributed by atoms with van der Waals surface area (Å²) in [6.45, 7) is 5.49. The molecule has 3 rings (SSSR count). The lowest BCUT2D eigenvalue weighted by Crippen LogP contribution is -2.46. The molecule has 0 fully saturated rings. The third-order valence-corrected chi connectivity index (χ3v) is 6.86. The standard InChI is InChI=1S/C27H33F3N6O5/c1-4-16(7-12-20-35-36-24(40-20)17-8-10-18(11-9-17)27(28,29)30)6-5-14-26(2,3)22(41-25(31)39)21(37)23(38)33-19-13-15-32-34-19/h8-11,13,15-16,22H,4-7,12,14H2,1-3H3,(H2,31,39)(H2,32,33,34,38)/t16-,22-/m1/s1. The van der Waals surface area contributed by atoms with Crippen molar-refractivity contribution >= 4 is 23.6 Å². The summed E-state index contributed by atoms with van der Waals surface area (Å²) in [4.78, 5) is 36.9. The Bertz CT molecular complexity index is 1310. The molecule has 0 spiro atoms. The number of aromatic amines is 1. The zero-order chi connectivity index (χ0) is 30.2. The van der Waals surface area contributed by atoms with Crippen LogP contribution in [0.3, 0.4) is 0 Å². The van der Waals surface area contributed by atoms with Gasteiger partial charge in [0.25, 0.3) is 11.7 Å². The second kappa shape index (κ2) is 13.4. The molecule has 0 unspecified atom stereocenters. The van der Waals surface area contributed by atoms with Gasteiger partial charge in [-0.25, -0.2) is 4.79 Å². The third kappa shape index (κ3) is 8.88. The van der Waals surface area contributed by atoms with Gasteiger partial charge in [-0.05, 0) is 43.0 Å². The second-order valence-electron chi connectivity index (χ2n) is 10.4. The van der Waals surface area contributed by atoms with Crippen molar-refractivity contribution in [2.75, 3.05) is 5.32 Å². The molecule has 14 heteroatoms. The van der Waals surface area contributed by atoms with Gasteiger partial charge in [0, 0.05) is 23.5 Å². The molecule has 2 aromatic heterocycles. The quantitative estimate of drug-likeness (QED) is 0.217. The normalized spacial score (nSPS) is 13.4. The fraction of sp³-hybridized carbons (Fsp3) is 0.481. The smallest absolute Gasteiger partial charge is 0.416 e. The first-order valence-corrected chi connectivity index (χ1v) is 13.1. The van der Waals surface area contributed by atoms with Gasteiger partial charge in [-0.1, -0.05) is 40.0 Å². The van der Waals surface area contributed by atoms with Crippen molar-refractivity contribution < 1.29 is 36.7 Å². The van der Waals surface area contributed by atoms with Crippen LogP contribution in [-0.2, 0) is 26.9 Å². The number of benzene rings is 1. The Labute approximate surface area is 234 Å². The number of nitrogens with zero attached hydrogens (tertiary/aromatic N) is 3. The number of nitrogens with one attached hydrogen (secondary N) is 2. The number of halogens is 3. The van der Waals surface area contributed by atoms with Crippen LogP contribution in [0.25, 0.3) is 11.5 Å². The molecular weight excluding hydrogens is 545 g/mol. The summed E-state index contributed by atoms with van der Waals surface area (Å²) >= 11 is 0. The summed E-state index contributed by atoms with van der Waals surface area (Å²) in [7, 11) is 0. The van der Waals surface area contributed by atoms with Gasteiger partial charge >= 0.3 is 12.3 Å². The van der Waals surface area contributed by atoms with Gasteiger partial charge in [0.1, 0.15) is 5.82 Å². The van der Waals surface area contributed by atoms with E-state index in [0.717, 1.165) is 31.4 Å². The minimum Gasteiger partial charge on any atom is -0.437 e. The Kier molecular flexibility index (Phi) is 10.2. The molecule has 2 atom stereocenters. The molecule has 11 nitrogen and oxygen atoms in total. The average Bonchev–Trinajstić information content (AvgIpc) is 3.60. The molecule has 0 aliphatic heterocycles. The molecule has 0 radical (unpaired) electrons. The van der Waals surface area contributed by atoms with E-state index in [0.29, 0.717) is 30.7 Å². The molecule has 41 heavy (non-hydrogen) atoms. The predicted molar refractivity (Wildman–Crippen MR) is 141 cm³/mol. The number of hydrogen-bond acceptors (Lipinski definition) is 8. The minimum absolute atomic E-state index is 0.144. The highest BCUT2D eigenvalue weighted by Gasteiger charge is 2.41. The van der Waals surface area contributed by atoms with E-state index in [-0.39, 0.29) is 17.6 Å². The fourth-order valence-electron chi connectivity index (χ4n) is 4.44. The Morgan fingerprint density at radius 2 is 1.80 bits per heavy atom. The van der Waals surface area contributed by atoms with Crippen molar-refractivity contribution in [3.05, 3.63) is 48.0 Å². The highest BCUT2D eigenvalue weighted by atomic mass is 19.4. The molecule has 4 N–H and O–H groups in total. The molecule has 0 aliphatic carbocycles. The van der Waals surface area contributed by atoms with E-state index in [1.807, 2.05) is 6.92 Å². The number of primary amides is 1. The number of Topliss-reactive ketones (excluding diaryl/α,β-unsaturated/α-hetero) is 1. The third-order valence-electron chi connectivity index (χ3n) is 6.86. The number of nitrogens with two attached hydrogens (primary N) is 1. The summed E-state index contributed by atoms with van der Waals surface area (Å²) in [6.07, 6.45) is -1.61. The Morgan fingerprint density at radius 3 is 2.39 bits per heavy atom. The van der Waals surface area contributed by atoms with Gasteiger partial charge in [0.05, 0.1) is 11.8 Å². The van der Waals surface area contributed by atoms with E-state index >= 15 is 0 Å². The number of rotatable bonds is 14. The number of H-pyrrole nitrogens is 1. The lowest BCUT2D eigenvalue weighted by Gasteiger charge is -2.32. The number of carbonyl (C=O) groups is 3. The van der Waals surface area contributed by atoms with Gasteiger partial charge in [0.15, 0.2) is 6.10 Å². The summed E-state index contributed by atoms with van der Waals surface area (Å²) in [5.41, 5.74) is 3.94. The lowest BCUT2D eigenvalue weighted by molar-refractivity contribution is -0.144. The van der Waals surface area contributed by atoms with E-state index < -0.39 is 41.0 Å². The zero-order valence-electron chi connectivity index (χ0n) is 23.0. The minimum atomic E-state index is -4.43. The number of alkyl halides is 3. The molecule has 1 aromatic carbocycles. The van der Waals surface area contributed by atoms with E-state index in [4.69, 9.17) is 14.9 Å². The molecule has 222 valence electrons. The topological polar surface area (TPSA) is 166 Å². The molecule has 0 saturated heterocycles. The maximum atomic E-state index is 12.9. The van der Waals surface area contributed by atoms with Crippen molar-refractivity contribution in [2.45, 2.75) is 71.6 Å². The maximum Gasteiger partial charge on any atom is 0.416 e. The van der Waals surface area contributed by atoms with Crippen LogP contribution < -0.4 is 11.1 Å². The predicted octanol–water partition coefficient (Wildman–Crippen LogP) is 5.31.